The number of hydrogen-bond donors (Lipinski definition) is 1. The van der Waals surface area contributed by atoms with Crippen LogP contribution in [0, 0.1) is 17.8 Å². The summed E-state index contributed by atoms with van der Waals surface area (Å²) in [7, 11) is 0. The Labute approximate surface area is 89.5 Å². The van der Waals surface area contributed by atoms with E-state index in [1.807, 2.05) is 11.8 Å². The third-order valence-electron chi connectivity index (χ3n) is 3.35. The minimum absolute atomic E-state index is 0.0290. The van der Waals surface area contributed by atoms with Gasteiger partial charge in [-0.15, -0.1) is 0 Å². The van der Waals surface area contributed by atoms with Gasteiger partial charge in [-0.1, -0.05) is 0 Å². The lowest BCUT2D eigenvalue weighted by molar-refractivity contribution is -0.143. The minimum atomic E-state index is -0.553. The summed E-state index contributed by atoms with van der Waals surface area (Å²) < 4.78 is 0. The van der Waals surface area contributed by atoms with Crippen molar-refractivity contribution >= 4 is 17.7 Å². The Morgan fingerprint density at radius 3 is 2.71 bits per heavy atom. The molecular formula is C11H18O2S. The van der Waals surface area contributed by atoms with Crippen LogP contribution in [0.25, 0.3) is 0 Å². The topological polar surface area (TPSA) is 37.3 Å². The first-order valence-corrected chi connectivity index (χ1v) is 6.73. The van der Waals surface area contributed by atoms with E-state index in [9.17, 15) is 4.79 Å². The summed E-state index contributed by atoms with van der Waals surface area (Å²) in [5.41, 5.74) is 0. The SMILES string of the molecule is O=C(O)C(CC1CCCSC1)C1CC1. The largest absolute Gasteiger partial charge is 0.481 e. The molecule has 0 amide bonds. The highest BCUT2D eigenvalue weighted by Crippen LogP contribution is 2.41. The number of hydrogen-bond acceptors (Lipinski definition) is 2. The van der Waals surface area contributed by atoms with E-state index in [1.54, 1.807) is 0 Å². The van der Waals surface area contributed by atoms with Gasteiger partial charge in [0.1, 0.15) is 0 Å². The van der Waals surface area contributed by atoms with Gasteiger partial charge in [-0.2, -0.15) is 11.8 Å². The van der Waals surface area contributed by atoms with Crippen LogP contribution in [0.3, 0.4) is 0 Å². The molecule has 1 aliphatic heterocycles. The third kappa shape index (κ3) is 2.66. The molecule has 2 nitrogen and oxygen atoms in total. The molecule has 1 aliphatic carbocycles. The summed E-state index contributed by atoms with van der Waals surface area (Å²) in [5, 5.41) is 9.11. The van der Waals surface area contributed by atoms with E-state index < -0.39 is 5.97 Å². The summed E-state index contributed by atoms with van der Waals surface area (Å²) >= 11 is 2.00. The van der Waals surface area contributed by atoms with Crippen LogP contribution in [0.1, 0.15) is 32.1 Å². The molecule has 2 aliphatic rings. The van der Waals surface area contributed by atoms with E-state index in [1.165, 1.54) is 24.3 Å². The van der Waals surface area contributed by atoms with Gasteiger partial charge in [-0.3, -0.25) is 4.79 Å². The second kappa shape index (κ2) is 4.56. The van der Waals surface area contributed by atoms with Crippen LogP contribution in [-0.2, 0) is 4.79 Å². The van der Waals surface area contributed by atoms with E-state index in [0.29, 0.717) is 11.8 Å². The molecule has 1 saturated carbocycles. The van der Waals surface area contributed by atoms with Gasteiger partial charge in [0.2, 0.25) is 0 Å². The number of thioether (sulfide) groups is 1. The summed E-state index contributed by atoms with van der Waals surface area (Å²) in [5.74, 6) is 3.07. The molecule has 1 N–H and O–H groups in total. The number of rotatable bonds is 4. The smallest absolute Gasteiger partial charge is 0.306 e. The third-order valence-corrected chi connectivity index (χ3v) is 4.63. The second-order valence-electron chi connectivity index (χ2n) is 4.60. The van der Waals surface area contributed by atoms with Gasteiger partial charge in [0, 0.05) is 0 Å². The van der Waals surface area contributed by atoms with E-state index in [-0.39, 0.29) is 5.92 Å². The van der Waals surface area contributed by atoms with Crippen LogP contribution < -0.4 is 0 Å². The molecule has 2 fully saturated rings. The number of carbonyl (C=O) groups is 1. The highest BCUT2D eigenvalue weighted by atomic mass is 32.2. The fourth-order valence-electron chi connectivity index (χ4n) is 2.35. The normalized spacial score (nSPS) is 29.9. The Kier molecular flexibility index (Phi) is 3.37. The summed E-state index contributed by atoms with van der Waals surface area (Å²) in [6.07, 6.45) is 5.77. The lowest BCUT2D eigenvalue weighted by atomic mass is 9.89. The highest BCUT2D eigenvalue weighted by Gasteiger charge is 2.37. The number of aliphatic carboxylic acids is 1. The molecular weight excluding hydrogens is 196 g/mol. The Morgan fingerprint density at radius 2 is 2.21 bits per heavy atom. The number of carboxylic acid groups (broad SMARTS) is 1. The Bertz CT molecular complexity index is 207. The fraction of sp³-hybridized carbons (Fsp3) is 0.909. The zero-order chi connectivity index (χ0) is 9.97. The molecule has 0 aromatic rings. The average molecular weight is 214 g/mol. The first-order chi connectivity index (χ1) is 6.77. The van der Waals surface area contributed by atoms with Crippen molar-refractivity contribution in [2.24, 2.45) is 17.8 Å². The summed E-state index contributed by atoms with van der Waals surface area (Å²) in [6, 6.07) is 0. The zero-order valence-electron chi connectivity index (χ0n) is 8.45. The molecule has 0 radical (unpaired) electrons. The lowest BCUT2D eigenvalue weighted by Crippen LogP contribution is -2.22. The maximum Gasteiger partial charge on any atom is 0.306 e. The van der Waals surface area contributed by atoms with Crippen molar-refractivity contribution in [3.05, 3.63) is 0 Å². The molecule has 2 unspecified atom stereocenters. The molecule has 80 valence electrons. The quantitative estimate of drug-likeness (QED) is 0.781. The first kappa shape index (κ1) is 10.3. The molecule has 14 heavy (non-hydrogen) atoms. The average Bonchev–Trinajstić information content (AvgIpc) is 2.99. The van der Waals surface area contributed by atoms with Crippen LogP contribution in [0.4, 0.5) is 0 Å². The Morgan fingerprint density at radius 1 is 1.43 bits per heavy atom. The van der Waals surface area contributed by atoms with Gasteiger partial charge < -0.3 is 5.11 Å². The maximum absolute atomic E-state index is 11.0. The van der Waals surface area contributed by atoms with Gasteiger partial charge in [-0.05, 0) is 55.4 Å². The van der Waals surface area contributed by atoms with Gasteiger partial charge in [0.05, 0.1) is 5.92 Å². The van der Waals surface area contributed by atoms with Crippen LogP contribution in [0.15, 0.2) is 0 Å². The van der Waals surface area contributed by atoms with Crippen molar-refractivity contribution in [3.8, 4) is 0 Å². The van der Waals surface area contributed by atoms with E-state index >= 15 is 0 Å². The molecule has 3 heteroatoms. The molecule has 0 spiro atoms. The molecule has 0 aromatic carbocycles. The van der Waals surface area contributed by atoms with Crippen LogP contribution in [-0.4, -0.2) is 22.6 Å². The van der Waals surface area contributed by atoms with Crippen molar-refractivity contribution in [2.75, 3.05) is 11.5 Å². The second-order valence-corrected chi connectivity index (χ2v) is 5.75. The van der Waals surface area contributed by atoms with Crippen LogP contribution >= 0.6 is 11.8 Å². The van der Waals surface area contributed by atoms with Crippen LogP contribution in [0.2, 0.25) is 0 Å². The molecule has 2 atom stereocenters. The summed E-state index contributed by atoms with van der Waals surface area (Å²) in [4.78, 5) is 11.0. The van der Waals surface area contributed by atoms with Gasteiger partial charge in [0.15, 0.2) is 0 Å². The van der Waals surface area contributed by atoms with E-state index in [0.717, 1.165) is 19.3 Å². The van der Waals surface area contributed by atoms with Crippen LogP contribution in [0.5, 0.6) is 0 Å². The molecule has 1 heterocycles. The molecule has 0 bridgehead atoms. The maximum atomic E-state index is 11.0. The molecule has 1 saturated heterocycles. The van der Waals surface area contributed by atoms with Crippen molar-refractivity contribution in [1.29, 1.82) is 0 Å². The Balaban J connectivity index is 1.82. The summed E-state index contributed by atoms with van der Waals surface area (Å²) in [6.45, 7) is 0. The highest BCUT2D eigenvalue weighted by molar-refractivity contribution is 7.99. The predicted octanol–water partition coefficient (Wildman–Crippen LogP) is 2.63. The zero-order valence-corrected chi connectivity index (χ0v) is 9.26. The van der Waals surface area contributed by atoms with Gasteiger partial charge >= 0.3 is 5.97 Å². The van der Waals surface area contributed by atoms with Gasteiger partial charge in [0.25, 0.3) is 0 Å². The van der Waals surface area contributed by atoms with Crippen molar-refractivity contribution in [1.82, 2.24) is 0 Å². The predicted molar refractivity (Wildman–Crippen MR) is 58.5 cm³/mol. The minimum Gasteiger partial charge on any atom is -0.481 e. The van der Waals surface area contributed by atoms with Gasteiger partial charge in [-0.25, -0.2) is 0 Å². The first-order valence-electron chi connectivity index (χ1n) is 5.58. The molecule has 2 rings (SSSR count). The monoisotopic (exact) mass is 214 g/mol. The van der Waals surface area contributed by atoms with Crippen molar-refractivity contribution in [2.45, 2.75) is 32.1 Å². The van der Waals surface area contributed by atoms with E-state index in [2.05, 4.69) is 0 Å². The fourth-order valence-corrected chi connectivity index (χ4v) is 3.52. The standard InChI is InChI=1S/C11H18O2S/c12-11(13)10(9-3-4-9)6-8-2-1-5-14-7-8/h8-10H,1-7H2,(H,12,13). The van der Waals surface area contributed by atoms with E-state index in [4.69, 9.17) is 5.11 Å². The molecule has 0 aromatic heterocycles. The number of carboxylic acids is 1. The van der Waals surface area contributed by atoms with Crippen molar-refractivity contribution in [3.63, 3.8) is 0 Å². The Hall–Kier alpha value is -0.180. The van der Waals surface area contributed by atoms with Crippen molar-refractivity contribution < 1.29 is 9.90 Å². The lowest BCUT2D eigenvalue weighted by Gasteiger charge is -2.24.